The normalized spacial score (nSPS) is 16.7. The highest BCUT2D eigenvalue weighted by molar-refractivity contribution is 7.21. The number of H-pyrrole nitrogens is 1. The molecule has 0 spiro atoms. The van der Waals surface area contributed by atoms with Crippen molar-refractivity contribution in [1.29, 1.82) is 0 Å². The number of carbonyl (C=O) groups is 2. The molecule has 2 aromatic carbocycles. The van der Waals surface area contributed by atoms with Crippen molar-refractivity contribution in [2.24, 2.45) is 0 Å². The van der Waals surface area contributed by atoms with E-state index in [2.05, 4.69) is 38.3 Å². The number of aromatic nitrogens is 3. The van der Waals surface area contributed by atoms with E-state index in [1.165, 1.54) is 17.4 Å². The van der Waals surface area contributed by atoms with Crippen LogP contribution in [0.2, 0.25) is 0 Å². The van der Waals surface area contributed by atoms with Crippen LogP contribution < -0.4 is 20.9 Å². The Morgan fingerprint density at radius 2 is 1.88 bits per heavy atom. The summed E-state index contributed by atoms with van der Waals surface area (Å²) in [5.74, 6) is 1.18. The number of aryl methyl sites for hydroxylation is 1. The van der Waals surface area contributed by atoms with Gasteiger partial charge in [0.2, 0.25) is 5.91 Å². The van der Waals surface area contributed by atoms with Crippen LogP contribution in [0.5, 0.6) is 11.5 Å². The summed E-state index contributed by atoms with van der Waals surface area (Å²) in [5.41, 5.74) is 4.23. The van der Waals surface area contributed by atoms with Gasteiger partial charge in [0.25, 0.3) is 5.91 Å². The van der Waals surface area contributed by atoms with Crippen LogP contribution in [0.1, 0.15) is 34.5 Å². The lowest BCUT2D eigenvalue weighted by Crippen LogP contribution is -2.36. The summed E-state index contributed by atoms with van der Waals surface area (Å²) in [6.45, 7) is 9.85. The zero-order chi connectivity index (χ0) is 27.8. The number of para-hydroxylation sites is 1. The van der Waals surface area contributed by atoms with Crippen molar-refractivity contribution in [2.45, 2.75) is 38.3 Å². The Morgan fingerprint density at radius 3 is 2.62 bits per heavy atom. The fourth-order valence-corrected chi connectivity index (χ4v) is 6.44. The number of hydrogen-bond donors (Lipinski definition) is 3. The third-order valence-corrected chi connectivity index (χ3v) is 8.34. The Balaban J connectivity index is 1.32. The Morgan fingerprint density at radius 1 is 1.10 bits per heavy atom. The molecule has 1 aliphatic carbocycles. The van der Waals surface area contributed by atoms with Gasteiger partial charge in [-0.3, -0.25) is 14.2 Å². The fourth-order valence-electron chi connectivity index (χ4n) is 5.41. The topological polar surface area (TPSA) is 101 Å². The largest absolute Gasteiger partial charge is 0.457 e. The van der Waals surface area contributed by atoms with Crippen LogP contribution in [0.15, 0.2) is 73.4 Å². The molecule has 202 valence electrons. The van der Waals surface area contributed by atoms with Crippen molar-refractivity contribution in [2.75, 3.05) is 0 Å². The maximum atomic E-state index is 13.4. The van der Waals surface area contributed by atoms with Gasteiger partial charge in [0.1, 0.15) is 26.7 Å². The second-order valence-electron chi connectivity index (χ2n) is 9.98. The monoisotopic (exact) mass is 551 g/mol. The number of rotatable bonds is 7. The molecular formula is C31H29N5O3S. The SMILES string of the molecule is C=CC(=O)NC1CC[C@H](NC(=O)c2sc3nccc4c3c2[nH]c(=C)n4-c2ccc(Oc3ccccc3)cc2C)C1. The van der Waals surface area contributed by atoms with Crippen LogP contribution in [-0.4, -0.2) is 38.4 Å². The van der Waals surface area contributed by atoms with Crippen LogP contribution >= 0.6 is 11.3 Å². The van der Waals surface area contributed by atoms with E-state index in [-0.39, 0.29) is 23.9 Å². The van der Waals surface area contributed by atoms with E-state index in [9.17, 15) is 9.59 Å². The highest BCUT2D eigenvalue weighted by Crippen LogP contribution is 2.35. The highest BCUT2D eigenvalue weighted by atomic mass is 32.1. The maximum absolute atomic E-state index is 13.4. The van der Waals surface area contributed by atoms with Crippen LogP contribution in [0, 0.1) is 6.92 Å². The second-order valence-corrected chi connectivity index (χ2v) is 11.0. The van der Waals surface area contributed by atoms with Crippen molar-refractivity contribution in [1.82, 2.24) is 25.2 Å². The molecule has 2 amide bonds. The van der Waals surface area contributed by atoms with E-state index in [0.29, 0.717) is 16.8 Å². The zero-order valence-corrected chi connectivity index (χ0v) is 22.9. The summed E-state index contributed by atoms with van der Waals surface area (Å²) >= 11 is 1.36. The molecule has 0 aliphatic heterocycles. The highest BCUT2D eigenvalue weighted by Gasteiger charge is 2.28. The van der Waals surface area contributed by atoms with E-state index in [1.54, 1.807) is 6.20 Å². The average Bonchev–Trinajstić information content (AvgIpc) is 3.55. The minimum atomic E-state index is -0.189. The van der Waals surface area contributed by atoms with Crippen molar-refractivity contribution in [3.8, 4) is 17.2 Å². The first kappa shape index (κ1) is 25.6. The Bertz CT molecular complexity index is 1820. The Labute approximate surface area is 235 Å². The molecule has 0 saturated heterocycles. The van der Waals surface area contributed by atoms with Crippen LogP contribution in [0.3, 0.4) is 0 Å². The average molecular weight is 552 g/mol. The quantitative estimate of drug-likeness (QED) is 0.239. The summed E-state index contributed by atoms with van der Waals surface area (Å²) in [4.78, 5) is 34.4. The molecule has 8 nitrogen and oxygen atoms in total. The predicted molar refractivity (Wildman–Crippen MR) is 159 cm³/mol. The van der Waals surface area contributed by atoms with Gasteiger partial charge in [-0.2, -0.15) is 0 Å². The predicted octanol–water partition coefficient (Wildman–Crippen LogP) is 5.31. The molecule has 0 radical (unpaired) electrons. The first-order valence-electron chi connectivity index (χ1n) is 13.2. The molecule has 1 unspecified atom stereocenters. The van der Waals surface area contributed by atoms with Crippen molar-refractivity contribution in [3.63, 3.8) is 0 Å². The number of ether oxygens (including phenoxy) is 1. The number of thiophene rings is 1. The molecule has 6 rings (SSSR count). The van der Waals surface area contributed by atoms with Crippen LogP contribution in [0.25, 0.3) is 33.5 Å². The molecular weight excluding hydrogens is 522 g/mol. The smallest absolute Gasteiger partial charge is 0.263 e. The minimum Gasteiger partial charge on any atom is -0.457 e. The molecule has 2 atom stereocenters. The van der Waals surface area contributed by atoms with E-state index >= 15 is 0 Å². The van der Waals surface area contributed by atoms with Gasteiger partial charge < -0.3 is 20.4 Å². The van der Waals surface area contributed by atoms with Crippen molar-refractivity contribution in [3.05, 3.63) is 89.4 Å². The van der Waals surface area contributed by atoms with Gasteiger partial charge in [-0.25, -0.2) is 4.98 Å². The molecule has 1 saturated carbocycles. The van der Waals surface area contributed by atoms with Crippen molar-refractivity contribution >= 4 is 51.0 Å². The standard InChI is InChI=1S/C31H29N5O3S/c1-4-26(37)34-20-10-11-21(17-20)35-30(38)29-28-27-25(14-15-32-31(27)40-29)36(19(3)33-28)24-13-12-23(16-18(24)2)39-22-8-6-5-7-9-22/h4-9,12-16,20-21,33H,1,3,10-11,17H2,2H3,(H,34,37)(H,35,38)/t20?,21-/m0/s1. The third kappa shape index (κ3) is 4.80. The van der Waals surface area contributed by atoms with Crippen molar-refractivity contribution < 1.29 is 14.3 Å². The molecule has 3 N–H and O–H groups in total. The summed E-state index contributed by atoms with van der Waals surface area (Å²) in [7, 11) is 0. The van der Waals surface area contributed by atoms with E-state index < -0.39 is 0 Å². The Kier molecular flexibility index (Phi) is 6.73. The summed E-state index contributed by atoms with van der Waals surface area (Å²) in [6, 6.07) is 17.6. The number of aromatic amines is 1. The number of amides is 2. The Hall–Kier alpha value is -4.63. The molecule has 1 aliphatic rings. The number of hydrogen-bond acceptors (Lipinski definition) is 5. The number of benzene rings is 2. The van der Waals surface area contributed by atoms with Crippen LogP contribution in [0.4, 0.5) is 0 Å². The molecule has 40 heavy (non-hydrogen) atoms. The molecule has 5 aromatic rings. The first-order valence-corrected chi connectivity index (χ1v) is 14.0. The molecule has 1 fully saturated rings. The van der Waals surface area contributed by atoms with Gasteiger partial charge in [0, 0.05) is 18.3 Å². The lowest BCUT2D eigenvalue weighted by Gasteiger charge is -2.17. The first-order chi connectivity index (χ1) is 19.4. The number of pyridine rings is 1. The molecule has 3 heterocycles. The lowest BCUT2D eigenvalue weighted by atomic mass is 10.1. The number of nitrogens with one attached hydrogen (secondary N) is 3. The van der Waals surface area contributed by atoms with E-state index in [1.807, 2.05) is 61.5 Å². The van der Waals surface area contributed by atoms with Gasteiger partial charge in [-0.15, -0.1) is 11.3 Å². The second kappa shape index (κ2) is 10.5. The fraction of sp³-hybridized carbons (Fsp3) is 0.194. The van der Waals surface area contributed by atoms with Gasteiger partial charge in [0.05, 0.1) is 22.1 Å². The van der Waals surface area contributed by atoms with Gasteiger partial charge in [-0.1, -0.05) is 31.4 Å². The molecule has 9 heteroatoms. The maximum Gasteiger partial charge on any atom is 0.263 e. The summed E-state index contributed by atoms with van der Waals surface area (Å²) in [5, 5.41) is 6.97. The van der Waals surface area contributed by atoms with Crippen LogP contribution in [-0.2, 0) is 4.79 Å². The molecule has 3 aromatic heterocycles. The third-order valence-electron chi connectivity index (χ3n) is 7.24. The number of carbonyl (C=O) groups excluding carboxylic acids is 2. The summed E-state index contributed by atoms with van der Waals surface area (Å²) < 4.78 is 8.08. The summed E-state index contributed by atoms with van der Waals surface area (Å²) in [6.07, 6.45) is 5.33. The van der Waals surface area contributed by atoms with E-state index in [4.69, 9.17) is 4.74 Å². The number of nitrogens with zero attached hydrogens (tertiary/aromatic N) is 2. The van der Waals surface area contributed by atoms with Gasteiger partial charge in [-0.05, 0) is 74.2 Å². The molecule has 0 bridgehead atoms. The van der Waals surface area contributed by atoms with Gasteiger partial charge in [0.15, 0.2) is 0 Å². The van der Waals surface area contributed by atoms with E-state index in [0.717, 1.165) is 56.8 Å². The minimum absolute atomic E-state index is 0.0185. The zero-order valence-electron chi connectivity index (χ0n) is 22.1. The van der Waals surface area contributed by atoms with Gasteiger partial charge >= 0.3 is 0 Å². The lowest BCUT2D eigenvalue weighted by molar-refractivity contribution is -0.117.